The van der Waals surface area contributed by atoms with Gasteiger partial charge in [-0.05, 0) is 20.4 Å². The van der Waals surface area contributed by atoms with Crippen LogP contribution in [0.25, 0.3) is 0 Å². The van der Waals surface area contributed by atoms with Crippen molar-refractivity contribution in [2.45, 2.75) is 39.5 Å². The average Bonchev–Trinajstić information content (AvgIpc) is 2.78. The molecule has 1 aliphatic rings. The fourth-order valence-electron chi connectivity index (χ4n) is 1.83. The minimum absolute atomic E-state index is 0.204. The molecule has 0 aliphatic carbocycles. The van der Waals surface area contributed by atoms with E-state index in [1.807, 2.05) is 6.92 Å². The van der Waals surface area contributed by atoms with Crippen LogP contribution in [-0.4, -0.2) is 42.0 Å². The Morgan fingerprint density at radius 2 is 2.24 bits per heavy atom. The second-order valence-corrected chi connectivity index (χ2v) is 4.40. The first-order valence-corrected chi connectivity index (χ1v) is 6.12. The number of rotatable bonds is 4. The van der Waals surface area contributed by atoms with Gasteiger partial charge in [0, 0.05) is 6.54 Å². The van der Waals surface area contributed by atoms with Crippen molar-refractivity contribution >= 4 is 6.01 Å². The van der Waals surface area contributed by atoms with Crippen LogP contribution < -0.4 is 10.2 Å². The van der Waals surface area contributed by atoms with Crippen LogP contribution in [0.1, 0.15) is 26.7 Å². The summed E-state index contributed by atoms with van der Waals surface area (Å²) in [5.74, 6) is 0.633. The lowest BCUT2D eigenvalue weighted by Gasteiger charge is -2.35. The summed E-state index contributed by atoms with van der Waals surface area (Å²) in [6.07, 6.45) is 0.204. The Labute approximate surface area is 101 Å². The van der Waals surface area contributed by atoms with Gasteiger partial charge in [0.15, 0.2) is 0 Å². The zero-order valence-electron chi connectivity index (χ0n) is 10.6. The van der Waals surface area contributed by atoms with Crippen LogP contribution in [0.5, 0.6) is 0 Å². The molecule has 0 aromatic carbocycles. The fourth-order valence-corrected chi connectivity index (χ4v) is 1.83. The Balaban J connectivity index is 2.02. The van der Waals surface area contributed by atoms with Gasteiger partial charge in [0.25, 0.3) is 0 Å². The highest BCUT2D eigenvalue weighted by Crippen LogP contribution is 2.20. The molecule has 1 aromatic rings. The van der Waals surface area contributed by atoms with Gasteiger partial charge in [0.2, 0.25) is 5.89 Å². The van der Waals surface area contributed by atoms with Crippen molar-refractivity contribution in [3.8, 4) is 0 Å². The van der Waals surface area contributed by atoms with Gasteiger partial charge in [0.05, 0.1) is 25.3 Å². The number of nitrogens with one attached hydrogen (secondary N) is 1. The van der Waals surface area contributed by atoms with Crippen molar-refractivity contribution in [1.29, 1.82) is 0 Å². The summed E-state index contributed by atoms with van der Waals surface area (Å²) in [6, 6.07) is 0.874. The van der Waals surface area contributed by atoms with E-state index < -0.39 is 0 Å². The van der Waals surface area contributed by atoms with Crippen molar-refractivity contribution in [2.75, 3.05) is 24.6 Å². The van der Waals surface area contributed by atoms with Gasteiger partial charge in [-0.25, -0.2) is 0 Å². The summed E-state index contributed by atoms with van der Waals surface area (Å²) in [6.45, 7) is 9.20. The molecule has 2 unspecified atom stereocenters. The SMILES string of the molecule is CCNCc1nnc(N2CC(C)OCC2C)o1. The lowest BCUT2D eigenvalue weighted by molar-refractivity contribution is 0.0321. The smallest absolute Gasteiger partial charge is 0.318 e. The molecule has 0 bridgehead atoms. The van der Waals surface area contributed by atoms with E-state index in [-0.39, 0.29) is 12.1 Å². The van der Waals surface area contributed by atoms with Crippen LogP contribution in [-0.2, 0) is 11.3 Å². The molecule has 0 saturated carbocycles. The molecule has 1 aromatic heterocycles. The molecule has 0 amide bonds. The van der Waals surface area contributed by atoms with Gasteiger partial charge >= 0.3 is 6.01 Å². The maximum absolute atomic E-state index is 5.63. The maximum atomic E-state index is 5.63. The normalized spacial score (nSPS) is 25.2. The van der Waals surface area contributed by atoms with Crippen LogP contribution >= 0.6 is 0 Å². The van der Waals surface area contributed by atoms with E-state index in [2.05, 4.69) is 34.3 Å². The number of anilines is 1. The van der Waals surface area contributed by atoms with Crippen molar-refractivity contribution in [3.05, 3.63) is 5.89 Å². The van der Waals surface area contributed by atoms with Crippen LogP contribution in [0.2, 0.25) is 0 Å². The van der Waals surface area contributed by atoms with E-state index in [0.717, 1.165) is 13.1 Å². The van der Waals surface area contributed by atoms with Crippen molar-refractivity contribution in [2.24, 2.45) is 0 Å². The first-order valence-electron chi connectivity index (χ1n) is 6.12. The molecule has 1 aliphatic heterocycles. The third-order valence-electron chi connectivity index (χ3n) is 2.84. The molecular formula is C11H20N4O2. The predicted molar refractivity (Wildman–Crippen MR) is 63.9 cm³/mol. The number of hydrogen-bond acceptors (Lipinski definition) is 6. The first kappa shape index (κ1) is 12.3. The molecule has 6 heteroatoms. The molecule has 1 saturated heterocycles. The number of morpholine rings is 1. The molecule has 2 atom stereocenters. The summed E-state index contributed by atoms with van der Waals surface area (Å²) in [7, 11) is 0. The quantitative estimate of drug-likeness (QED) is 0.839. The predicted octanol–water partition coefficient (Wildman–Crippen LogP) is 0.793. The van der Waals surface area contributed by atoms with Gasteiger partial charge in [-0.2, -0.15) is 0 Å². The van der Waals surface area contributed by atoms with Crippen LogP contribution in [0, 0.1) is 0 Å². The molecule has 96 valence electrons. The molecule has 17 heavy (non-hydrogen) atoms. The number of aromatic nitrogens is 2. The summed E-state index contributed by atoms with van der Waals surface area (Å²) < 4.78 is 11.2. The molecule has 2 heterocycles. The zero-order valence-corrected chi connectivity index (χ0v) is 10.6. The molecule has 0 spiro atoms. The van der Waals surface area contributed by atoms with E-state index in [1.54, 1.807) is 0 Å². The minimum atomic E-state index is 0.204. The third-order valence-corrected chi connectivity index (χ3v) is 2.84. The third kappa shape index (κ3) is 2.95. The Kier molecular flexibility index (Phi) is 3.96. The monoisotopic (exact) mass is 240 g/mol. The molecule has 0 radical (unpaired) electrons. The van der Waals surface area contributed by atoms with E-state index in [1.165, 1.54) is 0 Å². The second kappa shape index (κ2) is 5.46. The Morgan fingerprint density at radius 1 is 1.41 bits per heavy atom. The molecule has 6 nitrogen and oxygen atoms in total. The van der Waals surface area contributed by atoms with Crippen LogP contribution in [0.15, 0.2) is 4.42 Å². The maximum Gasteiger partial charge on any atom is 0.318 e. The lowest BCUT2D eigenvalue weighted by atomic mass is 10.2. The number of ether oxygens (including phenoxy) is 1. The summed E-state index contributed by atoms with van der Waals surface area (Å²) in [5.41, 5.74) is 0. The standard InChI is InChI=1S/C11H20N4O2/c1-4-12-5-10-13-14-11(17-10)15-6-9(3)16-7-8(15)2/h8-9,12H,4-7H2,1-3H3. The highest BCUT2D eigenvalue weighted by molar-refractivity contribution is 5.27. The topological polar surface area (TPSA) is 63.4 Å². The van der Waals surface area contributed by atoms with Crippen LogP contribution in [0.4, 0.5) is 6.01 Å². The average molecular weight is 240 g/mol. The highest BCUT2D eigenvalue weighted by atomic mass is 16.5. The summed E-state index contributed by atoms with van der Waals surface area (Å²) >= 11 is 0. The van der Waals surface area contributed by atoms with Crippen molar-refractivity contribution < 1.29 is 9.15 Å². The first-order chi connectivity index (χ1) is 8.20. The number of hydrogen-bond donors (Lipinski definition) is 1. The van der Waals surface area contributed by atoms with Crippen molar-refractivity contribution in [1.82, 2.24) is 15.5 Å². The molecule has 1 fully saturated rings. The van der Waals surface area contributed by atoms with Gasteiger partial charge in [-0.15, -0.1) is 5.10 Å². The van der Waals surface area contributed by atoms with Gasteiger partial charge in [-0.1, -0.05) is 12.0 Å². The Morgan fingerprint density at radius 3 is 3.00 bits per heavy atom. The molecular weight excluding hydrogens is 220 g/mol. The van der Waals surface area contributed by atoms with Gasteiger partial charge in [-0.3, -0.25) is 0 Å². The van der Waals surface area contributed by atoms with Gasteiger partial charge < -0.3 is 19.4 Å². The van der Waals surface area contributed by atoms with Crippen LogP contribution in [0.3, 0.4) is 0 Å². The van der Waals surface area contributed by atoms with Crippen molar-refractivity contribution in [3.63, 3.8) is 0 Å². The summed E-state index contributed by atoms with van der Waals surface area (Å²) in [5, 5.41) is 11.3. The minimum Gasteiger partial charge on any atom is -0.407 e. The largest absolute Gasteiger partial charge is 0.407 e. The zero-order chi connectivity index (χ0) is 12.3. The second-order valence-electron chi connectivity index (χ2n) is 4.40. The van der Waals surface area contributed by atoms with E-state index >= 15 is 0 Å². The van der Waals surface area contributed by atoms with E-state index in [0.29, 0.717) is 25.1 Å². The fraction of sp³-hybridized carbons (Fsp3) is 0.818. The Bertz CT molecular complexity index is 355. The number of nitrogens with zero attached hydrogens (tertiary/aromatic N) is 3. The summed E-state index contributed by atoms with van der Waals surface area (Å²) in [4.78, 5) is 2.11. The highest BCUT2D eigenvalue weighted by Gasteiger charge is 2.27. The van der Waals surface area contributed by atoms with E-state index in [9.17, 15) is 0 Å². The van der Waals surface area contributed by atoms with Gasteiger partial charge in [0.1, 0.15) is 0 Å². The lowest BCUT2D eigenvalue weighted by Crippen LogP contribution is -2.47. The van der Waals surface area contributed by atoms with E-state index in [4.69, 9.17) is 9.15 Å². The Hall–Kier alpha value is -1.14. The molecule has 2 rings (SSSR count). The molecule has 1 N–H and O–H groups in total.